The number of carboxylic acid groups (broad SMARTS) is 1. The molecule has 7 heteroatoms. The van der Waals surface area contributed by atoms with Gasteiger partial charge in [0, 0.05) is 18.0 Å². The maximum atomic E-state index is 12.1. The number of benzene rings is 1. The molecule has 1 saturated carbocycles. The fourth-order valence-corrected chi connectivity index (χ4v) is 2.98. The number of carboxylic acids is 1. The van der Waals surface area contributed by atoms with Gasteiger partial charge in [-0.05, 0) is 55.2 Å². The summed E-state index contributed by atoms with van der Waals surface area (Å²) in [4.78, 5) is 27.0. The van der Waals surface area contributed by atoms with E-state index in [1.807, 2.05) is 6.07 Å². The Morgan fingerprint density at radius 1 is 1.23 bits per heavy atom. The highest BCUT2D eigenvalue weighted by Crippen LogP contribution is 2.28. The average molecular weight is 351 g/mol. The van der Waals surface area contributed by atoms with Crippen LogP contribution in [-0.4, -0.2) is 32.4 Å². The van der Waals surface area contributed by atoms with Crippen molar-refractivity contribution >= 4 is 16.7 Å². The number of fused-ring (bicyclic) bond motifs is 1. The molecule has 1 aliphatic carbocycles. The van der Waals surface area contributed by atoms with Crippen LogP contribution in [-0.2, 0) is 6.42 Å². The van der Waals surface area contributed by atoms with Crippen molar-refractivity contribution < 1.29 is 14.6 Å². The molecular formula is C19H17N3O4. The van der Waals surface area contributed by atoms with Crippen LogP contribution in [0.2, 0.25) is 0 Å². The van der Waals surface area contributed by atoms with Crippen molar-refractivity contribution in [2.24, 2.45) is 0 Å². The zero-order chi connectivity index (χ0) is 18.1. The first-order valence-corrected chi connectivity index (χ1v) is 8.46. The summed E-state index contributed by atoms with van der Waals surface area (Å²) >= 11 is 0. The molecule has 0 amide bonds. The van der Waals surface area contributed by atoms with Crippen LogP contribution in [0.15, 0.2) is 41.3 Å². The maximum Gasteiger partial charge on any atom is 0.354 e. The summed E-state index contributed by atoms with van der Waals surface area (Å²) in [6.07, 6.45) is 5.35. The fraction of sp³-hybridized carbons (Fsp3) is 0.263. The topological polar surface area (TPSA) is 105 Å². The Balaban J connectivity index is 1.72. The molecule has 4 rings (SSSR count). The smallest absolute Gasteiger partial charge is 0.354 e. The second-order valence-corrected chi connectivity index (χ2v) is 6.41. The second kappa shape index (κ2) is 6.59. The van der Waals surface area contributed by atoms with Crippen LogP contribution in [0.3, 0.4) is 0 Å². The van der Waals surface area contributed by atoms with Crippen molar-refractivity contribution in [1.82, 2.24) is 15.2 Å². The van der Waals surface area contributed by atoms with Crippen molar-refractivity contribution in [2.75, 3.05) is 0 Å². The van der Waals surface area contributed by atoms with Gasteiger partial charge < -0.3 is 9.84 Å². The van der Waals surface area contributed by atoms with Gasteiger partial charge in [-0.15, -0.1) is 0 Å². The van der Waals surface area contributed by atoms with Gasteiger partial charge in [-0.3, -0.25) is 4.79 Å². The van der Waals surface area contributed by atoms with E-state index in [0.717, 1.165) is 24.2 Å². The lowest BCUT2D eigenvalue weighted by Crippen LogP contribution is -2.24. The van der Waals surface area contributed by atoms with Crippen molar-refractivity contribution in [3.63, 3.8) is 0 Å². The maximum absolute atomic E-state index is 12.1. The Kier molecular flexibility index (Phi) is 4.12. The number of rotatable bonds is 5. The number of pyridine rings is 1. The summed E-state index contributed by atoms with van der Waals surface area (Å²) < 4.78 is 5.93. The van der Waals surface area contributed by atoms with Gasteiger partial charge in [-0.2, -0.15) is 5.10 Å². The van der Waals surface area contributed by atoms with Crippen LogP contribution in [0.4, 0.5) is 0 Å². The molecule has 2 N–H and O–H groups in total. The number of aromatic carboxylic acids is 1. The molecule has 0 unspecified atom stereocenters. The van der Waals surface area contributed by atoms with E-state index in [9.17, 15) is 9.59 Å². The molecule has 132 valence electrons. The van der Waals surface area contributed by atoms with Crippen LogP contribution in [0.25, 0.3) is 10.8 Å². The predicted octanol–water partition coefficient (Wildman–Crippen LogP) is 2.54. The lowest BCUT2D eigenvalue weighted by atomic mass is 9.96. The molecule has 0 radical (unpaired) electrons. The third-order valence-corrected chi connectivity index (χ3v) is 4.61. The van der Waals surface area contributed by atoms with E-state index in [1.54, 1.807) is 18.2 Å². The van der Waals surface area contributed by atoms with Gasteiger partial charge in [-0.1, -0.05) is 0 Å². The van der Waals surface area contributed by atoms with Crippen LogP contribution < -0.4 is 10.3 Å². The van der Waals surface area contributed by atoms with E-state index in [0.29, 0.717) is 22.9 Å². The molecular weight excluding hydrogens is 334 g/mol. The first-order chi connectivity index (χ1) is 12.6. The van der Waals surface area contributed by atoms with Gasteiger partial charge in [0.1, 0.15) is 11.4 Å². The minimum absolute atomic E-state index is 0.0229. The molecule has 2 aromatic heterocycles. The van der Waals surface area contributed by atoms with E-state index in [1.165, 1.54) is 18.7 Å². The second-order valence-electron chi connectivity index (χ2n) is 6.41. The van der Waals surface area contributed by atoms with Crippen LogP contribution in [0, 0.1) is 0 Å². The first kappa shape index (κ1) is 16.3. The molecule has 0 spiro atoms. The van der Waals surface area contributed by atoms with Gasteiger partial charge in [0.15, 0.2) is 0 Å². The van der Waals surface area contributed by atoms with E-state index < -0.39 is 5.97 Å². The van der Waals surface area contributed by atoms with Gasteiger partial charge in [0.05, 0.1) is 17.2 Å². The number of ether oxygens (including phenoxy) is 1. The van der Waals surface area contributed by atoms with E-state index in [2.05, 4.69) is 15.2 Å². The number of aromatic nitrogens is 3. The number of aromatic amines is 1. The third-order valence-electron chi connectivity index (χ3n) is 4.61. The number of hydrogen-bond acceptors (Lipinski definition) is 5. The van der Waals surface area contributed by atoms with E-state index >= 15 is 0 Å². The van der Waals surface area contributed by atoms with Crippen LogP contribution in [0.5, 0.6) is 5.75 Å². The minimum atomic E-state index is -1.08. The van der Waals surface area contributed by atoms with Crippen molar-refractivity contribution in [3.05, 3.63) is 63.8 Å². The van der Waals surface area contributed by atoms with E-state index in [4.69, 9.17) is 9.84 Å². The lowest BCUT2D eigenvalue weighted by molar-refractivity contribution is 0.0690. The predicted molar refractivity (Wildman–Crippen MR) is 94.6 cm³/mol. The fourth-order valence-electron chi connectivity index (χ4n) is 2.98. The van der Waals surface area contributed by atoms with Gasteiger partial charge >= 0.3 is 5.97 Å². The standard InChI is InChI=1S/C19H17N3O4/c23-18-14-5-4-13(26-12-2-1-3-12)10-15(14)16(21-22-18)8-11-6-7-20-17(9-11)19(24)25/h4-7,9-10,12H,1-3,8H2,(H,22,23)(H,24,25). The molecule has 1 fully saturated rings. The molecule has 2 heterocycles. The van der Waals surface area contributed by atoms with E-state index in [-0.39, 0.29) is 17.4 Å². The molecule has 0 aliphatic heterocycles. The summed E-state index contributed by atoms with van der Waals surface area (Å²) in [6.45, 7) is 0. The summed E-state index contributed by atoms with van der Waals surface area (Å²) in [6, 6.07) is 8.62. The summed E-state index contributed by atoms with van der Waals surface area (Å²) in [5, 5.41) is 17.0. The zero-order valence-electron chi connectivity index (χ0n) is 13.9. The summed E-state index contributed by atoms with van der Waals surface area (Å²) in [5.74, 6) is -0.362. The van der Waals surface area contributed by atoms with Crippen molar-refractivity contribution in [3.8, 4) is 5.75 Å². The highest BCUT2D eigenvalue weighted by atomic mass is 16.5. The normalized spacial score (nSPS) is 14.2. The quantitative estimate of drug-likeness (QED) is 0.732. The van der Waals surface area contributed by atoms with Crippen LogP contribution in [0.1, 0.15) is 41.0 Å². The van der Waals surface area contributed by atoms with Gasteiger partial charge in [0.2, 0.25) is 0 Å². The Morgan fingerprint density at radius 3 is 2.81 bits per heavy atom. The first-order valence-electron chi connectivity index (χ1n) is 8.46. The van der Waals surface area contributed by atoms with Crippen molar-refractivity contribution in [1.29, 1.82) is 0 Å². The molecule has 26 heavy (non-hydrogen) atoms. The Labute approximate surface area is 148 Å². The minimum Gasteiger partial charge on any atom is -0.490 e. The highest BCUT2D eigenvalue weighted by Gasteiger charge is 2.19. The van der Waals surface area contributed by atoms with Gasteiger partial charge in [-0.25, -0.2) is 14.9 Å². The number of H-pyrrole nitrogens is 1. The van der Waals surface area contributed by atoms with Crippen LogP contribution >= 0.6 is 0 Å². The van der Waals surface area contributed by atoms with Gasteiger partial charge in [0.25, 0.3) is 5.56 Å². The molecule has 1 aromatic carbocycles. The molecule has 0 atom stereocenters. The molecule has 1 aliphatic rings. The SMILES string of the molecule is O=C(O)c1cc(Cc2n[nH]c(=O)c3ccc(OC4CCC4)cc23)ccn1. The monoisotopic (exact) mass is 351 g/mol. The van der Waals surface area contributed by atoms with Crippen molar-refractivity contribution in [2.45, 2.75) is 31.8 Å². The molecule has 0 saturated heterocycles. The molecule has 7 nitrogen and oxygen atoms in total. The largest absolute Gasteiger partial charge is 0.490 e. The summed E-state index contributed by atoms with van der Waals surface area (Å²) in [7, 11) is 0. The zero-order valence-corrected chi connectivity index (χ0v) is 13.9. The lowest BCUT2D eigenvalue weighted by Gasteiger charge is -2.26. The Hall–Kier alpha value is -3.22. The Bertz CT molecular complexity index is 1040. The average Bonchev–Trinajstić information content (AvgIpc) is 2.61. The third kappa shape index (κ3) is 3.15. The Morgan fingerprint density at radius 2 is 2.08 bits per heavy atom. The number of hydrogen-bond donors (Lipinski definition) is 2. The molecule has 0 bridgehead atoms. The summed E-state index contributed by atoms with van der Waals surface area (Å²) in [5.41, 5.74) is 1.12. The number of nitrogens with zero attached hydrogens (tertiary/aromatic N) is 2. The molecule has 3 aromatic rings. The highest BCUT2D eigenvalue weighted by molar-refractivity contribution is 5.86. The number of nitrogens with one attached hydrogen (secondary N) is 1. The number of carbonyl (C=O) groups is 1.